The van der Waals surface area contributed by atoms with Gasteiger partial charge in [-0.25, -0.2) is 0 Å². The molecule has 0 saturated heterocycles. The summed E-state index contributed by atoms with van der Waals surface area (Å²) in [5.74, 6) is -0.250. The van der Waals surface area contributed by atoms with E-state index >= 15 is 0 Å². The molecule has 0 bridgehead atoms. The zero-order chi connectivity index (χ0) is 21.3. The van der Waals surface area contributed by atoms with Gasteiger partial charge in [0.15, 0.2) is 0 Å². The van der Waals surface area contributed by atoms with Crippen molar-refractivity contribution in [3.05, 3.63) is 100 Å². The van der Waals surface area contributed by atoms with E-state index in [4.69, 9.17) is 0 Å². The number of fused-ring (bicyclic) bond motifs is 1. The highest BCUT2D eigenvalue weighted by atomic mass is 79.9. The van der Waals surface area contributed by atoms with Gasteiger partial charge in [-0.1, -0.05) is 42.5 Å². The van der Waals surface area contributed by atoms with Crippen LogP contribution in [0, 0.1) is 0 Å². The molecule has 152 valence electrons. The van der Waals surface area contributed by atoms with Gasteiger partial charge < -0.3 is 9.88 Å². The van der Waals surface area contributed by atoms with Crippen molar-refractivity contribution in [3.8, 4) is 0 Å². The number of para-hydroxylation sites is 1. The van der Waals surface area contributed by atoms with Crippen molar-refractivity contribution in [2.75, 3.05) is 5.32 Å². The number of amides is 1. The van der Waals surface area contributed by atoms with E-state index in [2.05, 4.69) is 21.2 Å². The first-order valence-electron chi connectivity index (χ1n) is 9.13. The molecular weight excluding hydrogens is 457 g/mol. The second kappa shape index (κ2) is 7.99. The van der Waals surface area contributed by atoms with E-state index in [0.29, 0.717) is 22.3 Å². The number of alkyl halides is 3. The van der Waals surface area contributed by atoms with Crippen LogP contribution in [-0.4, -0.2) is 10.5 Å². The predicted octanol–water partition coefficient (Wildman–Crippen LogP) is 6.72. The number of carbonyl (C=O) groups excluding carboxylic acids is 1. The fourth-order valence-corrected chi connectivity index (χ4v) is 3.77. The third kappa shape index (κ3) is 4.11. The lowest BCUT2D eigenvalue weighted by Gasteiger charge is -2.09. The van der Waals surface area contributed by atoms with Crippen LogP contribution in [0.3, 0.4) is 0 Å². The molecule has 1 aromatic heterocycles. The molecule has 0 aliphatic heterocycles. The van der Waals surface area contributed by atoms with Crippen LogP contribution in [0.15, 0.2) is 83.5 Å². The van der Waals surface area contributed by atoms with Gasteiger partial charge in [0.05, 0.1) is 22.3 Å². The highest BCUT2D eigenvalue weighted by Gasteiger charge is 2.29. The summed E-state index contributed by atoms with van der Waals surface area (Å²) in [7, 11) is 0. The first-order valence-corrected chi connectivity index (χ1v) is 9.92. The predicted molar refractivity (Wildman–Crippen MR) is 115 cm³/mol. The van der Waals surface area contributed by atoms with Crippen molar-refractivity contribution in [2.45, 2.75) is 12.7 Å². The lowest BCUT2D eigenvalue weighted by Crippen LogP contribution is -2.12. The zero-order valence-corrected chi connectivity index (χ0v) is 17.2. The summed E-state index contributed by atoms with van der Waals surface area (Å²) in [4.78, 5) is 12.7. The van der Waals surface area contributed by atoms with Gasteiger partial charge in [-0.05, 0) is 51.8 Å². The lowest BCUT2D eigenvalue weighted by atomic mass is 10.1. The number of nitrogens with zero attached hydrogens (tertiary/aromatic N) is 1. The molecule has 3 aromatic carbocycles. The van der Waals surface area contributed by atoms with Crippen molar-refractivity contribution in [1.29, 1.82) is 0 Å². The third-order valence-corrected chi connectivity index (χ3v) is 5.48. The maximum Gasteiger partial charge on any atom is 0.416 e. The number of nitrogens with one attached hydrogen (secondary N) is 1. The summed E-state index contributed by atoms with van der Waals surface area (Å²) in [5.41, 5.74) is 2.08. The quantitative estimate of drug-likeness (QED) is 0.351. The molecule has 1 amide bonds. The number of hydrogen-bond donors (Lipinski definition) is 1. The van der Waals surface area contributed by atoms with Crippen molar-refractivity contribution < 1.29 is 18.0 Å². The van der Waals surface area contributed by atoms with E-state index in [9.17, 15) is 18.0 Å². The molecule has 0 spiro atoms. The van der Waals surface area contributed by atoms with E-state index in [0.717, 1.165) is 28.6 Å². The summed E-state index contributed by atoms with van der Waals surface area (Å²) in [6.07, 6.45) is -2.56. The van der Waals surface area contributed by atoms with Gasteiger partial charge in [0, 0.05) is 22.6 Å². The van der Waals surface area contributed by atoms with Gasteiger partial charge in [-0.15, -0.1) is 0 Å². The highest BCUT2D eigenvalue weighted by molar-refractivity contribution is 9.10. The molecule has 7 heteroatoms. The Bertz CT molecular complexity index is 1210. The molecule has 3 nitrogen and oxygen atoms in total. The molecule has 0 atom stereocenters. The molecule has 1 N–H and O–H groups in total. The van der Waals surface area contributed by atoms with Crippen LogP contribution >= 0.6 is 15.9 Å². The van der Waals surface area contributed by atoms with Crippen LogP contribution in [0.1, 0.15) is 21.5 Å². The molecule has 4 aromatic rings. The zero-order valence-electron chi connectivity index (χ0n) is 15.6. The molecule has 0 saturated carbocycles. The average Bonchev–Trinajstić information content (AvgIpc) is 3.05. The topological polar surface area (TPSA) is 34.0 Å². The standard InChI is InChI=1S/C23H16BrF3N2O/c24-19-7-3-1-5-17(19)22(30)28-20-14-29(21-8-4-2-6-18(20)21)13-15-9-11-16(12-10-15)23(25,26)27/h1-12,14H,13H2,(H,28,30). The van der Waals surface area contributed by atoms with Gasteiger partial charge in [-0.3, -0.25) is 4.79 Å². The minimum absolute atomic E-state index is 0.250. The summed E-state index contributed by atoms with van der Waals surface area (Å²) in [6, 6.07) is 19.8. The molecule has 0 fully saturated rings. The summed E-state index contributed by atoms with van der Waals surface area (Å²) < 4.78 is 41.0. The first kappa shape index (κ1) is 20.2. The second-order valence-corrected chi connectivity index (χ2v) is 7.67. The number of aromatic nitrogens is 1. The van der Waals surface area contributed by atoms with E-state index in [1.807, 2.05) is 34.9 Å². The van der Waals surface area contributed by atoms with Gasteiger partial charge >= 0.3 is 6.18 Å². The number of halogens is 4. The Kier molecular flexibility index (Phi) is 5.39. The van der Waals surface area contributed by atoms with Gasteiger partial charge in [0.1, 0.15) is 0 Å². The number of benzene rings is 3. The molecule has 0 aliphatic carbocycles. The SMILES string of the molecule is O=C(Nc1cn(Cc2ccc(C(F)(F)F)cc2)c2ccccc12)c1ccccc1Br. The number of rotatable bonds is 4. The second-order valence-electron chi connectivity index (χ2n) is 6.82. The highest BCUT2D eigenvalue weighted by Crippen LogP contribution is 2.30. The monoisotopic (exact) mass is 472 g/mol. The molecule has 1 heterocycles. The minimum Gasteiger partial charge on any atom is -0.341 e. The van der Waals surface area contributed by atoms with Gasteiger partial charge in [-0.2, -0.15) is 13.2 Å². The third-order valence-electron chi connectivity index (χ3n) is 4.79. The Morgan fingerprint density at radius 3 is 2.30 bits per heavy atom. The van der Waals surface area contributed by atoms with E-state index in [1.165, 1.54) is 12.1 Å². The smallest absolute Gasteiger partial charge is 0.341 e. The molecule has 30 heavy (non-hydrogen) atoms. The van der Waals surface area contributed by atoms with Crippen molar-refractivity contribution in [3.63, 3.8) is 0 Å². The van der Waals surface area contributed by atoms with Crippen molar-refractivity contribution in [2.24, 2.45) is 0 Å². The van der Waals surface area contributed by atoms with E-state index in [-0.39, 0.29) is 5.91 Å². The molecule has 0 aliphatic rings. The molecule has 0 radical (unpaired) electrons. The van der Waals surface area contributed by atoms with E-state index < -0.39 is 11.7 Å². The largest absolute Gasteiger partial charge is 0.416 e. The Morgan fingerprint density at radius 1 is 0.933 bits per heavy atom. The Morgan fingerprint density at radius 2 is 1.60 bits per heavy atom. The van der Waals surface area contributed by atoms with E-state index in [1.54, 1.807) is 24.4 Å². The van der Waals surface area contributed by atoms with Gasteiger partial charge in [0.2, 0.25) is 0 Å². The van der Waals surface area contributed by atoms with Crippen LogP contribution in [0.2, 0.25) is 0 Å². The number of carbonyl (C=O) groups is 1. The van der Waals surface area contributed by atoms with Crippen molar-refractivity contribution in [1.82, 2.24) is 4.57 Å². The minimum atomic E-state index is -4.36. The first-order chi connectivity index (χ1) is 14.3. The number of anilines is 1. The van der Waals surface area contributed by atoms with Crippen molar-refractivity contribution >= 4 is 38.4 Å². The Balaban J connectivity index is 1.64. The van der Waals surface area contributed by atoms with Crippen LogP contribution < -0.4 is 5.32 Å². The molecule has 0 unspecified atom stereocenters. The summed E-state index contributed by atoms with van der Waals surface area (Å²) in [6.45, 7) is 0.379. The maximum atomic E-state index is 12.8. The fraction of sp³-hybridized carbons (Fsp3) is 0.0870. The molecular formula is C23H16BrF3N2O. The number of hydrogen-bond acceptors (Lipinski definition) is 1. The van der Waals surface area contributed by atoms with Crippen LogP contribution in [-0.2, 0) is 12.7 Å². The fourth-order valence-electron chi connectivity index (χ4n) is 3.31. The van der Waals surface area contributed by atoms with Gasteiger partial charge in [0.25, 0.3) is 5.91 Å². The summed E-state index contributed by atoms with van der Waals surface area (Å²) >= 11 is 3.38. The lowest BCUT2D eigenvalue weighted by molar-refractivity contribution is -0.137. The Labute approximate surface area is 179 Å². The summed E-state index contributed by atoms with van der Waals surface area (Å²) in [5, 5.41) is 3.79. The van der Waals surface area contributed by atoms with Crippen LogP contribution in [0.25, 0.3) is 10.9 Å². The Hall–Kier alpha value is -3.06. The average molecular weight is 473 g/mol. The maximum absolute atomic E-state index is 12.8. The molecule has 4 rings (SSSR count). The normalized spacial score (nSPS) is 11.6. The van der Waals surface area contributed by atoms with Crippen LogP contribution in [0.5, 0.6) is 0 Å². The van der Waals surface area contributed by atoms with Crippen LogP contribution in [0.4, 0.5) is 18.9 Å².